The lowest BCUT2D eigenvalue weighted by molar-refractivity contribution is -0.0605. The first-order chi connectivity index (χ1) is 11.1. The van der Waals surface area contributed by atoms with E-state index >= 15 is 0 Å². The van der Waals surface area contributed by atoms with Gasteiger partial charge in [0.05, 0.1) is 12.6 Å². The number of benzene rings is 1. The van der Waals surface area contributed by atoms with Gasteiger partial charge in [0.25, 0.3) is 0 Å². The summed E-state index contributed by atoms with van der Waals surface area (Å²) in [5.74, 6) is 0.633. The fourth-order valence-corrected chi connectivity index (χ4v) is 2.73. The van der Waals surface area contributed by atoms with Crippen LogP contribution in [0.4, 0.5) is 4.39 Å². The number of hydrogen-bond donors (Lipinski definition) is 1. The summed E-state index contributed by atoms with van der Waals surface area (Å²) in [5, 5.41) is 3.36. The summed E-state index contributed by atoms with van der Waals surface area (Å²) in [7, 11) is 3.48. The predicted molar refractivity (Wildman–Crippen MR) is 105 cm³/mol. The number of nitrogens with one attached hydrogen (secondary N) is 1. The van der Waals surface area contributed by atoms with Crippen LogP contribution in [0.25, 0.3) is 0 Å². The molecule has 0 radical (unpaired) electrons. The van der Waals surface area contributed by atoms with Crippen LogP contribution in [-0.4, -0.2) is 57.4 Å². The number of halogens is 2. The van der Waals surface area contributed by atoms with Crippen LogP contribution in [0, 0.1) is 5.82 Å². The Bertz CT molecular complexity index is 513. The zero-order valence-electron chi connectivity index (χ0n) is 14.5. The molecule has 1 heterocycles. The lowest BCUT2D eigenvalue weighted by Gasteiger charge is -2.38. The van der Waals surface area contributed by atoms with Crippen molar-refractivity contribution in [2.75, 3.05) is 40.4 Å². The Labute approximate surface area is 160 Å². The molecule has 5 nitrogen and oxygen atoms in total. The van der Waals surface area contributed by atoms with Gasteiger partial charge in [0, 0.05) is 33.9 Å². The van der Waals surface area contributed by atoms with E-state index in [9.17, 15) is 4.39 Å². The minimum absolute atomic E-state index is 0. The fourth-order valence-electron chi connectivity index (χ4n) is 2.73. The van der Waals surface area contributed by atoms with Crippen molar-refractivity contribution in [3.8, 4) is 0 Å². The van der Waals surface area contributed by atoms with Crippen molar-refractivity contribution in [3.63, 3.8) is 0 Å². The predicted octanol–water partition coefficient (Wildman–Crippen LogP) is 2.82. The lowest BCUT2D eigenvalue weighted by atomic mass is 10.1. The quantitative estimate of drug-likeness (QED) is 0.324. The normalized spacial score (nSPS) is 21.3. The molecule has 0 amide bonds. The van der Waals surface area contributed by atoms with Crippen LogP contribution >= 0.6 is 24.0 Å². The van der Waals surface area contributed by atoms with Gasteiger partial charge in [-0.05, 0) is 31.0 Å². The van der Waals surface area contributed by atoms with Gasteiger partial charge >= 0.3 is 0 Å². The number of guanidine groups is 1. The Hall–Kier alpha value is -0.930. The zero-order chi connectivity index (χ0) is 16.7. The molecular weight excluding hydrogens is 424 g/mol. The number of nitrogens with zero attached hydrogens (tertiary/aromatic N) is 2. The van der Waals surface area contributed by atoms with E-state index in [-0.39, 0.29) is 42.0 Å². The Morgan fingerprint density at radius 3 is 2.71 bits per heavy atom. The molecule has 0 saturated carbocycles. The highest BCUT2D eigenvalue weighted by Gasteiger charge is 2.28. The molecule has 2 atom stereocenters. The number of morpholine rings is 1. The molecule has 0 bridgehead atoms. The molecule has 24 heavy (non-hydrogen) atoms. The SMILES string of the molecule is CN=C(NCCCOC)N1CC(C)OC(c2ccc(F)cc2)C1.I. The van der Waals surface area contributed by atoms with Crippen LogP contribution < -0.4 is 5.32 Å². The maximum atomic E-state index is 13.1. The number of rotatable bonds is 5. The maximum absolute atomic E-state index is 13.1. The van der Waals surface area contributed by atoms with Gasteiger partial charge in [-0.1, -0.05) is 12.1 Å². The Balaban J connectivity index is 0.00000288. The molecular formula is C17H27FIN3O2. The topological polar surface area (TPSA) is 46.1 Å². The molecule has 2 unspecified atom stereocenters. The first-order valence-corrected chi connectivity index (χ1v) is 7.99. The second-order valence-corrected chi connectivity index (χ2v) is 5.71. The first-order valence-electron chi connectivity index (χ1n) is 7.99. The summed E-state index contributed by atoms with van der Waals surface area (Å²) in [6.45, 7) is 5.05. The van der Waals surface area contributed by atoms with Crippen LogP contribution in [0.1, 0.15) is 25.0 Å². The lowest BCUT2D eigenvalue weighted by Crippen LogP contribution is -2.50. The highest BCUT2D eigenvalue weighted by atomic mass is 127. The zero-order valence-corrected chi connectivity index (χ0v) is 16.8. The van der Waals surface area contributed by atoms with Gasteiger partial charge < -0.3 is 19.7 Å². The Kier molecular flexibility index (Phi) is 9.53. The van der Waals surface area contributed by atoms with Gasteiger partial charge in [-0.2, -0.15) is 0 Å². The van der Waals surface area contributed by atoms with Crippen molar-refractivity contribution >= 4 is 29.9 Å². The number of hydrogen-bond acceptors (Lipinski definition) is 3. The van der Waals surface area contributed by atoms with Gasteiger partial charge in [0.1, 0.15) is 11.9 Å². The van der Waals surface area contributed by atoms with E-state index in [0.29, 0.717) is 6.54 Å². The highest BCUT2D eigenvalue weighted by Crippen LogP contribution is 2.25. The number of ether oxygens (including phenoxy) is 2. The third-order valence-corrected chi connectivity index (χ3v) is 3.82. The molecule has 2 rings (SSSR count). The molecule has 1 saturated heterocycles. The van der Waals surface area contributed by atoms with Crippen molar-refractivity contribution in [3.05, 3.63) is 35.6 Å². The van der Waals surface area contributed by atoms with E-state index in [4.69, 9.17) is 9.47 Å². The summed E-state index contributed by atoms with van der Waals surface area (Å²) in [6, 6.07) is 6.51. The monoisotopic (exact) mass is 451 g/mol. The van der Waals surface area contributed by atoms with E-state index in [0.717, 1.165) is 37.6 Å². The summed E-state index contributed by atoms with van der Waals surface area (Å²) in [4.78, 5) is 6.55. The number of methoxy groups -OCH3 is 1. The average Bonchev–Trinajstić information content (AvgIpc) is 2.55. The average molecular weight is 451 g/mol. The van der Waals surface area contributed by atoms with E-state index in [1.165, 1.54) is 12.1 Å². The molecule has 1 aromatic rings. The van der Waals surface area contributed by atoms with Gasteiger partial charge in [0.2, 0.25) is 0 Å². The molecule has 0 aromatic heterocycles. The highest BCUT2D eigenvalue weighted by molar-refractivity contribution is 14.0. The summed E-state index contributed by atoms with van der Waals surface area (Å²) >= 11 is 0. The number of aliphatic imine (C=N–C) groups is 1. The van der Waals surface area contributed by atoms with Crippen LogP contribution in [-0.2, 0) is 9.47 Å². The van der Waals surface area contributed by atoms with Crippen molar-refractivity contribution in [2.24, 2.45) is 4.99 Å². The standard InChI is InChI=1S/C17H26FN3O2.HI/c1-13-11-21(17(19-2)20-9-4-10-22-3)12-16(23-13)14-5-7-15(18)8-6-14;/h5-8,13,16H,4,9-12H2,1-3H3,(H,19,20);1H. The van der Waals surface area contributed by atoms with Crippen molar-refractivity contribution in [1.29, 1.82) is 0 Å². The van der Waals surface area contributed by atoms with E-state index in [1.54, 1.807) is 26.3 Å². The van der Waals surface area contributed by atoms with Gasteiger partial charge in [0.15, 0.2) is 5.96 Å². The fraction of sp³-hybridized carbons (Fsp3) is 0.588. The molecule has 1 aliphatic rings. The van der Waals surface area contributed by atoms with Crippen molar-refractivity contribution in [2.45, 2.75) is 25.6 Å². The Morgan fingerprint density at radius 1 is 1.38 bits per heavy atom. The van der Waals surface area contributed by atoms with Crippen LogP contribution in [0.5, 0.6) is 0 Å². The van der Waals surface area contributed by atoms with E-state index in [2.05, 4.69) is 15.2 Å². The molecule has 136 valence electrons. The maximum Gasteiger partial charge on any atom is 0.193 e. The van der Waals surface area contributed by atoms with Crippen LogP contribution in [0.15, 0.2) is 29.3 Å². The van der Waals surface area contributed by atoms with Gasteiger partial charge in [-0.15, -0.1) is 24.0 Å². The molecule has 0 aliphatic carbocycles. The largest absolute Gasteiger partial charge is 0.385 e. The van der Waals surface area contributed by atoms with Crippen molar-refractivity contribution in [1.82, 2.24) is 10.2 Å². The molecule has 1 N–H and O–H groups in total. The van der Waals surface area contributed by atoms with Crippen molar-refractivity contribution < 1.29 is 13.9 Å². The van der Waals surface area contributed by atoms with E-state index < -0.39 is 0 Å². The van der Waals surface area contributed by atoms with E-state index in [1.807, 2.05) is 6.92 Å². The minimum Gasteiger partial charge on any atom is -0.385 e. The molecule has 1 aromatic carbocycles. The molecule has 1 fully saturated rings. The molecule has 0 spiro atoms. The first kappa shape index (κ1) is 21.1. The summed E-state index contributed by atoms with van der Waals surface area (Å²) in [5.41, 5.74) is 0.984. The Morgan fingerprint density at radius 2 is 2.08 bits per heavy atom. The van der Waals surface area contributed by atoms with Crippen LogP contribution in [0.3, 0.4) is 0 Å². The summed E-state index contributed by atoms with van der Waals surface area (Å²) < 4.78 is 24.2. The second kappa shape index (κ2) is 10.8. The second-order valence-electron chi connectivity index (χ2n) is 5.71. The smallest absolute Gasteiger partial charge is 0.193 e. The third kappa shape index (κ3) is 6.18. The molecule has 1 aliphatic heterocycles. The third-order valence-electron chi connectivity index (χ3n) is 3.82. The summed E-state index contributed by atoms with van der Waals surface area (Å²) in [6.07, 6.45) is 0.921. The minimum atomic E-state index is -0.231. The van der Waals surface area contributed by atoms with Gasteiger partial charge in [-0.25, -0.2) is 4.39 Å². The van der Waals surface area contributed by atoms with Gasteiger partial charge in [-0.3, -0.25) is 4.99 Å². The molecule has 7 heteroatoms. The van der Waals surface area contributed by atoms with Crippen LogP contribution in [0.2, 0.25) is 0 Å².